The highest BCUT2D eigenvalue weighted by Gasteiger charge is 2.19. The summed E-state index contributed by atoms with van der Waals surface area (Å²) in [6, 6.07) is 10.1. The highest BCUT2D eigenvalue weighted by molar-refractivity contribution is 7.98. The number of hydrogen-bond acceptors (Lipinski definition) is 3. The Kier molecular flexibility index (Phi) is 5.12. The molecule has 0 bridgehead atoms. The second-order valence-corrected chi connectivity index (χ2v) is 5.45. The van der Waals surface area contributed by atoms with Crippen molar-refractivity contribution in [3.63, 3.8) is 0 Å². The van der Waals surface area contributed by atoms with Crippen LogP contribution in [0.2, 0.25) is 0 Å². The molecule has 0 fully saturated rings. The lowest BCUT2D eigenvalue weighted by molar-refractivity contribution is -0.119. The first kappa shape index (κ1) is 14.5. The van der Waals surface area contributed by atoms with E-state index in [9.17, 15) is 9.90 Å². The molecule has 1 aromatic heterocycles. The van der Waals surface area contributed by atoms with E-state index in [0.717, 1.165) is 12.2 Å². The van der Waals surface area contributed by atoms with E-state index in [2.05, 4.69) is 5.32 Å². The molecule has 4 nitrogen and oxygen atoms in total. The number of aromatic nitrogens is 1. The lowest BCUT2D eigenvalue weighted by atomic mass is 10.2. The zero-order chi connectivity index (χ0) is 14.4. The van der Waals surface area contributed by atoms with Gasteiger partial charge in [-0.1, -0.05) is 0 Å². The van der Waals surface area contributed by atoms with E-state index >= 15 is 0 Å². The molecule has 1 aromatic carbocycles. The molecule has 0 saturated carbocycles. The van der Waals surface area contributed by atoms with Gasteiger partial charge in [0.25, 0.3) is 0 Å². The molecule has 0 aliphatic rings. The fourth-order valence-electron chi connectivity index (χ4n) is 1.97. The van der Waals surface area contributed by atoms with Crippen LogP contribution in [0.5, 0.6) is 5.75 Å². The lowest BCUT2D eigenvalue weighted by Gasteiger charge is -2.18. The van der Waals surface area contributed by atoms with Crippen molar-refractivity contribution in [2.24, 2.45) is 0 Å². The number of rotatable bonds is 6. The average molecular weight is 290 g/mol. The number of benzene rings is 1. The number of hydrogen-bond donors (Lipinski definition) is 2. The maximum absolute atomic E-state index is 12.4. The maximum Gasteiger partial charge on any atom is 0.247 e. The van der Waals surface area contributed by atoms with Crippen molar-refractivity contribution >= 4 is 23.4 Å². The number of amides is 1. The Hall–Kier alpha value is -1.88. The first-order valence-electron chi connectivity index (χ1n) is 6.42. The van der Waals surface area contributed by atoms with E-state index in [0.29, 0.717) is 5.69 Å². The van der Waals surface area contributed by atoms with Crippen LogP contribution >= 0.6 is 11.8 Å². The second kappa shape index (κ2) is 7.05. The molecule has 0 spiro atoms. The van der Waals surface area contributed by atoms with Crippen LogP contribution in [0.3, 0.4) is 0 Å². The van der Waals surface area contributed by atoms with Crippen LogP contribution in [0.1, 0.15) is 12.5 Å². The number of nitrogens with zero attached hydrogens (tertiary/aromatic N) is 1. The molecule has 1 amide bonds. The molecule has 1 heterocycles. The van der Waals surface area contributed by atoms with E-state index in [-0.39, 0.29) is 17.7 Å². The van der Waals surface area contributed by atoms with Gasteiger partial charge in [0.1, 0.15) is 11.8 Å². The molecule has 2 N–H and O–H groups in total. The minimum absolute atomic E-state index is 0.0408. The Labute approximate surface area is 122 Å². The molecule has 0 radical (unpaired) electrons. The maximum atomic E-state index is 12.4. The Morgan fingerprint density at radius 2 is 1.95 bits per heavy atom. The number of thioether (sulfide) groups is 1. The van der Waals surface area contributed by atoms with E-state index < -0.39 is 0 Å². The Bertz CT molecular complexity index is 538. The van der Waals surface area contributed by atoms with Gasteiger partial charge in [-0.3, -0.25) is 4.79 Å². The molecule has 0 aliphatic heterocycles. The zero-order valence-corrected chi connectivity index (χ0v) is 12.1. The Morgan fingerprint density at radius 3 is 2.55 bits per heavy atom. The predicted molar refractivity (Wildman–Crippen MR) is 83.2 cm³/mol. The van der Waals surface area contributed by atoms with E-state index in [1.54, 1.807) is 36.0 Å². The third kappa shape index (κ3) is 3.81. The van der Waals surface area contributed by atoms with Gasteiger partial charge in [0.2, 0.25) is 5.91 Å². The number of carbonyl (C=O) groups excluding carboxylic acids is 1. The van der Waals surface area contributed by atoms with Crippen LogP contribution in [0, 0.1) is 0 Å². The Morgan fingerprint density at radius 1 is 1.30 bits per heavy atom. The molecule has 1 atom stereocenters. The quantitative estimate of drug-likeness (QED) is 0.804. The van der Waals surface area contributed by atoms with Crippen molar-refractivity contribution in [2.45, 2.75) is 12.5 Å². The number of anilines is 1. The predicted octanol–water partition coefficient (Wildman–Crippen LogP) is 3.13. The van der Waals surface area contributed by atoms with Gasteiger partial charge in [-0.25, -0.2) is 0 Å². The second-order valence-electron chi connectivity index (χ2n) is 4.46. The highest BCUT2D eigenvalue weighted by Crippen LogP contribution is 2.19. The van der Waals surface area contributed by atoms with Crippen LogP contribution in [0.4, 0.5) is 5.69 Å². The van der Waals surface area contributed by atoms with Crippen LogP contribution in [-0.4, -0.2) is 27.6 Å². The summed E-state index contributed by atoms with van der Waals surface area (Å²) in [5.74, 6) is 1.07. The van der Waals surface area contributed by atoms with Crippen molar-refractivity contribution in [1.82, 2.24) is 4.57 Å². The molecule has 2 aromatic rings. The summed E-state index contributed by atoms with van der Waals surface area (Å²) in [7, 11) is 0. The van der Waals surface area contributed by atoms with Gasteiger partial charge >= 0.3 is 0 Å². The number of nitrogens with one attached hydrogen (secondary N) is 1. The number of aromatic hydroxyl groups is 1. The monoisotopic (exact) mass is 290 g/mol. The van der Waals surface area contributed by atoms with E-state index in [1.165, 1.54) is 0 Å². The minimum Gasteiger partial charge on any atom is -0.508 e. The number of phenols is 1. The van der Waals surface area contributed by atoms with Gasteiger partial charge in [0.15, 0.2) is 0 Å². The smallest absolute Gasteiger partial charge is 0.247 e. The Balaban J connectivity index is 2.08. The molecule has 0 unspecified atom stereocenters. The van der Waals surface area contributed by atoms with Gasteiger partial charge in [-0.2, -0.15) is 11.8 Å². The van der Waals surface area contributed by atoms with Gasteiger partial charge in [0, 0.05) is 18.1 Å². The van der Waals surface area contributed by atoms with Gasteiger partial charge in [0.05, 0.1) is 0 Å². The standard InChI is InChI=1S/C15H18N2O2S/c1-20-11-8-14(17-9-2-3-10-17)15(19)16-12-4-6-13(18)7-5-12/h2-7,9-10,14,18H,8,11H2,1H3,(H,16,19)/t14-/m1/s1. The minimum atomic E-state index is -0.216. The molecule has 5 heteroatoms. The molecular weight excluding hydrogens is 272 g/mol. The summed E-state index contributed by atoms with van der Waals surface area (Å²) in [6.45, 7) is 0. The summed E-state index contributed by atoms with van der Waals surface area (Å²) >= 11 is 1.73. The van der Waals surface area contributed by atoms with Gasteiger partial charge < -0.3 is 15.0 Å². The van der Waals surface area contributed by atoms with E-state index in [1.807, 2.05) is 35.3 Å². The summed E-state index contributed by atoms with van der Waals surface area (Å²) in [6.07, 6.45) is 6.62. The fourth-order valence-corrected chi connectivity index (χ4v) is 2.43. The van der Waals surface area contributed by atoms with Crippen LogP contribution in [0.25, 0.3) is 0 Å². The molecule has 20 heavy (non-hydrogen) atoms. The lowest BCUT2D eigenvalue weighted by Crippen LogP contribution is -2.25. The van der Waals surface area contributed by atoms with Gasteiger partial charge in [-0.05, 0) is 54.8 Å². The number of carbonyl (C=O) groups is 1. The van der Waals surface area contributed by atoms with Gasteiger partial charge in [-0.15, -0.1) is 0 Å². The first-order valence-corrected chi connectivity index (χ1v) is 7.81. The van der Waals surface area contributed by atoms with Crippen molar-refractivity contribution in [2.75, 3.05) is 17.3 Å². The van der Waals surface area contributed by atoms with Crippen molar-refractivity contribution in [3.8, 4) is 5.75 Å². The van der Waals surface area contributed by atoms with Crippen molar-refractivity contribution in [3.05, 3.63) is 48.8 Å². The average Bonchev–Trinajstić information content (AvgIpc) is 2.96. The summed E-state index contributed by atoms with van der Waals surface area (Å²) in [5, 5.41) is 12.1. The summed E-state index contributed by atoms with van der Waals surface area (Å²) in [5.41, 5.74) is 0.689. The molecule has 2 rings (SSSR count). The van der Waals surface area contributed by atoms with Crippen LogP contribution < -0.4 is 5.32 Å². The van der Waals surface area contributed by atoms with E-state index in [4.69, 9.17) is 0 Å². The zero-order valence-electron chi connectivity index (χ0n) is 11.3. The fraction of sp³-hybridized carbons (Fsp3) is 0.267. The van der Waals surface area contributed by atoms with Crippen LogP contribution in [-0.2, 0) is 4.79 Å². The highest BCUT2D eigenvalue weighted by atomic mass is 32.2. The third-order valence-corrected chi connectivity index (χ3v) is 3.66. The van der Waals surface area contributed by atoms with Crippen LogP contribution in [0.15, 0.2) is 48.8 Å². The van der Waals surface area contributed by atoms with Crippen molar-refractivity contribution in [1.29, 1.82) is 0 Å². The summed E-state index contributed by atoms with van der Waals surface area (Å²) in [4.78, 5) is 12.4. The van der Waals surface area contributed by atoms with Crippen molar-refractivity contribution < 1.29 is 9.90 Å². The SMILES string of the molecule is CSCC[C@H](C(=O)Nc1ccc(O)cc1)n1cccc1. The molecule has 106 valence electrons. The third-order valence-electron chi connectivity index (χ3n) is 3.02. The molecule has 0 saturated heterocycles. The summed E-state index contributed by atoms with van der Waals surface area (Å²) < 4.78 is 1.92. The first-order chi connectivity index (χ1) is 9.70. The topological polar surface area (TPSA) is 54.3 Å². The molecular formula is C15H18N2O2S. The number of phenolic OH excluding ortho intramolecular Hbond substituents is 1. The molecule has 0 aliphatic carbocycles. The normalized spacial score (nSPS) is 12.1. The largest absolute Gasteiger partial charge is 0.508 e.